The van der Waals surface area contributed by atoms with Gasteiger partial charge in [0.2, 0.25) is 5.91 Å². The van der Waals surface area contributed by atoms with E-state index in [4.69, 9.17) is 9.72 Å². The van der Waals surface area contributed by atoms with Gasteiger partial charge in [0.25, 0.3) is 0 Å². The number of anilines is 1. The Morgan fingerprint density at radius 1 is 1.14 bits per heavy atom. The molecule has 5 nitrogen and oxygen atoms in total. The first kappa shape index (κ1) is 19.7. The average molecular weight is 410 g/mol. The van der Waals surface area contributed by atoms with E-state index < -0.39 is 0 Å². The maximum Gasteiger partial charge on any atom is 0.227 e. The summed E-state index contributed by atoms with van der Waals surface area (Å²) in [4.78, 5) is 21.9. The number of carbonyl (C=O) groups excluding carboxylic acids is 1. The summed E-state index contributed by atoms with van der Waals surface area (Å²) < 4.78 is 6.85. The molecule has 0 bridgehead atoms. The fraction of sp³-hybridized carbons (Fsp3) is 0.391. The van der Waals surface area contributed by atoms with E-state index in [2.05, 4.69) is 43.0 Å². The van der Waals surface area contributed by atoms with Crippen LogP contribution < -0.4 is 9.64 Å². The number of piperazine rings is 1. The van der Waals surface area contributed by atoms with Crippen LogP contribution in [0.25, 0.3) is 10.2 Å². The summed E-state index contributed by atoms with van der Waals surface area (Å²) in [5.41, 5.74) is 4.45. The molecule has 0 N–H and O–H groups in total. The molecule has 1 aromatic heterocycles. The van der Waals surface area contributed by atoms with Gasteiger partial charge in [0, 0.05) is 26.2 Å². The zero-order valence-corrected chi connectivity index (χ0v) is 18.1. The first-order valence-corrected chi connectivity index (χ1v) is 11.0. The van der Waals surface area contributed by atoms with Crippen molar-refractivity contribution in [3.8, 4) is 5.75 Å². The summed E-state index contributed by atoms with van der Waals surface area (Å²) in [7, 11) is 0. The number of nitrogens with zero attached hydrogens (tertiary/aromatic N) is 3. The molecule has 0 unspecified atom stereocenters. The fourth-order valence-electron chi connectivity index (χ4n) is 3.73. The van der Waals surface area contributed by atoms with Crippen LogP contribution in [0.3, 0.4) is 0 Å². The van der Waals surface area contributed by atoms with Crippen molar-refractivity contribution >= 4 is 32.6 Å². The maximum absolute atomic E-state index is 12.8. The van der Waals surface area contributed by atoms with Gasteiger partial charge in [0.05, 0.1) is 17.7 Å². The molecule has 4 rings (SSSR count). The molecule has 29 heavy (non-hydrogen) atoms. The van der Waals surface area contributed by atoms with Crippen molar-refractivity contribution in [2.75, 3.05) is 37.7 Å². The number of para-hydroxylation sites is 1. The van der Waals surface area contributed by atoms with Crippen LogP contribution in [0.1, 0.15) is 23.6 Å². The third-order valence-corrected chi connectivity index (χ3v) is 6.50. The summed E-state index contributed by atoms with van der Waals surface area (Å²) >= 11 is 1.69. The Hall–Kier alpha value is -2.60. The molecular formula is C23H27N3O2S. The predicted octanol–water partition coefficient (Wildman–Crippen LogP) is 4.20. The largest absolute Gasteiger partial charge is 0.492 e. The Morgan fingerprint density at radius 3 is 2.69 bits per heavy atom. The molecule has 6 heteroatoms. The molecule has 0 spiro atoms. The number of amides is 1. The highest BCUT2D eigenvalue weighted by molar-refractivity contribution is 7.22. The van der Waals surface area contributed by atoms with Gasteiger partial charge in [-0.1, -0.05) is 41.2 Å². The number of fused-ring (bicyclic) bond motifs is 1. The second-order valence-electron chi connectivity index (χ2n) is 7.51. The van der Waals surface area contributed by atoms with Crippen molar-refractivity contribution in [3.63, 3.8) is 0 Å². The maximum atomic E-state index is 12.8. The first-order chi connectivity index (χ1) is 14.0. The minimum Gasteiger partial charge on any atom is -0.492 e. The molecular weight excluding hydrogens is 382 g/mol. The highest BCUT2D eigenvalue weighted by Gasteiger charge is 2.24. The Morgan fingerprint density at radius 2 is 1.93 bits per heavy atom. The van der Waals surface area contributed by atoms with Crippen LogP contribution in [0.15, 0.2) is 36.4 Å². The van der Waals surface area contributed by atoms with E-state index in [0.29, 0.717) is 13.0 Å². The number of hydrogen-bond donors (Lipinski definition) is 0. The zero-order chi connectivity index (χ0) is 20.4. The highest BCUT2D eigenvalue weighted by atomic mass is 32.1. The minimum absolute atomic E-state index is 0.210. The Bertz CT molecular complexity index is 1020. The quantitative estimate of drug-likeness (QED) is 0.633. The summed E-state index contributed by atoms with van der Waals surface area (Å²) in [6.45, 7) is 9.85. The summed E-state index contributed by atoms with van der Waals surface area (Å²) in [6.07, 6.45) is 0.479. The topological polar surface area (TPSA) is 45.7 Å². The van der Waals surface area contributed by atoms with Gasteiger partial charge in [-0.15, -0.1) is 0 Å². The number of aromatic nitrogens is 1. The van der Waals surface area contributed by atoms with Gasteiger partial charge < -0.3 is 14.5 Å². The van der Waals surface area contributed by atoms with Crippen LogP contribution >= 0.6 is 11.3 Å². The lowest BCUT2D eigenvalue weighted by Gasteiger charge is -2.34. The van der Waals surface area contributed by atoms with E-state index in [1.807, 2.05) is 24.0 Å². The third-order valence-electron chi connectivity index (χ3n) is 5.42. The van der Waals surface area contributed by atoms with E-state index in [0.717, 1.165) is 52.8 Å². The van der Waals surface area contributed by atoms with Gasteiger partial charge in [0.15, 0.2) is 5.13 Å². The molecule has 2 aromatic carbocycles. The fourth-order valence-corrected chi connectivity index (χ4v) is 4.77. The number of rotatable bonds is 5. The van der Waals surface area contributed by atoms with Crippen molar-refractivity contribution in [2.24, 2.45) is 0 Å². The van der Waals surface area contributed by atoms with Crippen LogP contribution in [0, 0.1) is 13.8 Å². The Kier molecular flexibility index (Phi) is 5.72. The molecule has 2 heterocycles. The van der Waals surface area contributed by atoms with E-state index in [-0.39, 0.29) is 5.91 Å². The van der Waals surface area contributed by atoms with Crippen molar-refractivity contribution in [1.82, 2.24) is 9.88 Å². The van der Waals surface area contributed by atoms with E-state index in [9.17, 15) is 4.79 Å². The summed E-state index contributed by atoms with van der Waals surface area (Å²) in [5, 5.41) is 1.01. The molecule has 1 amide bonds. The lowest BCUT2D eigenvalue weighted by Crippen LogP contribution is -2.49. The van der Waals surface area contributed by atoms with Crippen molar-refractivity contribution < 1.29 is 9.53 Å². The number of hydrogen-bond acceptors (Lipinski definition) is 5. The zero-order valence-electron chi connectivity index (χ0n) is 17.3. The van der Waals surface area contributed by atoms with Crippen molar-refractivity contribution in [3.05, 3.63) is 53.1 Å². The molecule has 0 radical (unpaired) electrons. The number of benzene rings is 2. The van der Waals surface area contributed by atoms with E-state index in [1.165, 1.54) is 11.1 Å². The monoisotopic (exact) mass is 409 g/mol. The second kappa shape index (κ2) is 8.41. The van der Waals surface area contributed by atoms with E-state index in [1.54, 1.807) is 11.3 Å². The molecule has 1 saturated heterocycles. The first-order valence-electron chi connectivity index (χ1n) is 10.2. The molecule has 1 aliphatic heterocycles. The molecule has 0 saturated carbocycles. The second-order valence-corrected chi connectivity index (χ2v) is 8.52. The Balaban J connectivity index is 1.41. The van der Waals surface area contributed by atoms with Crippen molar-refractivity contribution in [2.45, 2.75) is 27.2 Å². The smallest absolute Gasteiger partial charge is 0.227 e. The van der Waals surface area contributed by atoms with Crippen LogP contribution in [-0.4, -0.2) is 48.6 Å². The molecule has 152 valence electrons. The standard InChI is InChI=1S/C23H27N3O2S/c1-4-28-19-6-5-7-20-22(19)24-23(29-20)26-12-10-25(11-13-26)21(27)15-18-14-16(2)8-9-17(18)3/h5-9,14H,4,10-13,15H2,1-3H3. The highest BCUT2D eigenvalue weighted by Crippen LogP contribution is 2.34. The number of carbonyl (C=O) groups is 1. The Labute approximate surface area is 175 Å². The van der Waals surface area contributed by atoms with Crippen LogP contribution in [0.4, 0.5) is 5.13 Å². The molecule has 0 atom stereocenters. The molecule has 3 aromatic rings. The molecule has 0 aliphatic carbocycles. The normalized spacial score (nSPS) is 14.4. The summed E-state index contributed by atoms with van der Waals surface area (Å²) in [6, 6.07) is 12.4. The van der Waals surface area contributed by atoms with Gasteiger partial charge in [0.1, 0.15) is 11.3 Å². The van der Waals surface area contributed by atoms with Crippen LogP contribution in [0.5, 0.6) is 5.75 Å². The average Bonchev–Trinajstić information content (AvgIpc) is 3.16. The van der Waals surface area contributed by atoms with E-state index >= 15 is 0 Å². The van der Waals surface area contributed by atoms with Gasteiger partial charge in [-0.3, -0.25) is 4.79 Å². The van der Waals surface area contributed by atoms with Gasteiger partial charge in [-0.05, 0) is 44.0 Å². The van der Waals surface area contributed by atoms with Crippen molar-refractivity contribution in [1.29, 1.82) is 0 Å². The molecule has 1 aliphatic rings. The third kappa shape index (κ3) is 4.22. The number of thiazole rings is 1. The lowest BCUT2D eigenvalue weighted by molar-refractivity contribution is -0.130. The lowest BCUT2D eigenvalue weighted by atomic mass is 10.0. The van der Waals surface area contributed by atoms with Crippen LogP contribution in [-0.2, 0) is 11.2 Å². The minimum atomic E-state index is 0.210. The SMILES string of the molecule is CCOc1cccc2sc(N3CCN(C(=O)Cc4cc(C)ccc4C)CC3)nc12. The molecule has 1 fully saturated rings. The predicted molar refractivity (Wildman–Crippen MR) is 119 cm³/mol. The summed E-state index contributed by atoms with van der Waals surface area (Å²) in [5.74, 6) is 1.05. The van der Waals surface area contributed by atoms with Gasteiger partial charge in [-0.25, -0.2) is 4.98 Å². The van der Waals surface area contributed by atoms with Gasteiger partial charge in [-0.2, -0.15) is 0 Å². The number of ether oxygens (including phenoxy) is 1. The number of aryl methyl sites for hydroxylation is 2. The van der Waals surface area contributed by atoms with Gasteiger partial charge >= 0.3 is 0 Å². The van der Waals surface area contributed by atoms with Crippen LogP contribution in [0.2, 0.25) is 0 Å².